The van der Waals surface area contributed by atoms with E-state index in [2.05, 4.69) is 5.32 Å². The Morgan fingerprint density at radius 1 is 1.08 bits per heavy atom. The van der Waals surface area contributed by atoms with Crippen LogP contribution < -0.4 is 5.32 Å². The molecule has 0 aromatic heterocycles. The van der Waals surface area contributed by atoms with E-state index in [0.29, 0.717) is 5.02 Å². The Morgan fingerprint density at radius 2 is 1.71 bits per heavy atom. The number of nitrogens with one attached hydrogen (secondary N) is 1. The monoisotopic (exact) mass is 389 g/mol. The molecular formula is C16H11Cl3FNO3. The molecule has 2 aromatic carbocycles. The maximum Gasteiger partial charge on any atom is 0.310 e. The molecule has 126 valence electrons. The number of carbonyl (C=O) groups is 2. The molecule has 2 aromatic rings. The van der Waals surface area contributed by atoms with Gasteiger partial charge in [0, 0.05) is 5.02 Å². The van der Waals surface area contributed by atoms with E-state index in [4.69, 9.17) is 39.5 Å². The van der Waals surface area contributed by atoms with Gasteiger partial charge < -0.3 is 10.1 Å². The van der Waals surface area contributed by atoms with E-state index in [1.54, 1.807) is 6.07 Å². The molecule has 0 saturated carbocycles. The molecule has 0 aliphatic carbocycles. The molecule has 0 fully saturated rings. The maximum absolute atomic E-state index is 13.4. The summed E-state index contributed by atoms with van der Waals surface area (Å²) in [5.41, 5.74) is 0.351. The van der Waals surface area contributed by atoms with Gasteiger partial charge in [0.05, 0.1) is 22.2 Å². The molecule has 0 atom stereocenters. The van der Waals surface area contributed by atoms with Crippen molar-refractivity contribution >= 4 is 52.4 Å². The van der Waals surface area contributed by atoms with Crippen LogP contribution in [0.2, 0.25) is 15.1 Å². The Hall–Kier alpha value is -1.82. The van der Waals surface area contributed by atoms with Crippen LogP contribution in [0.25, 0.3) is 0 Å². The highest BCUT2D eigenvalue weighted by Gasteiger charge is 2.14. The molecule has 0 heterocycles. The van der Waals surface area contributed by atoms with Gasteiger partial charge in [0.25, 0.3) is 5.91 Å². The molecule has 24 heavy (non-hydrogen) atoms. The highest BCUT2D eigenvalue weighted by Crippen LogP contribution is 2.33. The van der Waals surface area contributed by atoms with Crippen molar-refractivity contribution in [2.24, 2.45) is 0 Å². The van der Waals surface area contributed by atoms with Crippen LogP contribution in [0.3, 0.4) is 0 Å². The first-order valence-electron chi connectivity index (χ1n) is 6.70. The van der Waals surface area contributed by atoms with E-state index < -0.39 is 24.3 Å². The molecule has 1 N–H and O–H groups in total. The van der Waals surface area contributed by atoms with Gasteiger partial charge >= 0.3 is 5.97 Å². The predicted octanol–water partition coefficient (Wildman–Crippen LogP) is 4.51. The topological polar surface area (TPSA) is 55.4 Å². The number of amides is 1. The van der Waals surface area contributed by atoms with Gasteiger partial charge in [0.1, 0.15) is 5.82 Å². The lowest BCUT2D eigenvalue weighted by Gasteiger charge is -2.10. The molecule has 0 aliphatic heterocycles. The number of hydrogen-bond donors (Lipinski definition) is 1. The average Bonchev–Trinajstić information content (AvgIpc) is 2.51. The van der Waals surface area contributed by atoms with Gasteiger partial charge in [-0.2, -0.15) is 0 Å². The van der Waals surface area contributed by atoms with Gasteiger partial charge in [-0.15, -0.1) is 0 Å². The van der Waals surface area contributed by atoms with Crippen LogP contribution in [0.5, 0.6) is 0 Å². The van der Waals surface area contributed by atoms with Crippen LogP contribution in [-0.2, 0) is 20.7 Å². The van der Waals surface area contributed by atoms with Crippen molar-refractivity contribution in [3.8, 4) is 0 Å². The van der Waals surface area contributed by atoms with Crippen molar-refractivity contribution < 1.29 is 18.7 Å². The molecule has 0 spiro atoms. The number of benzene rings is 2. The third-order valence-electron chi connectivity index (χ3n) is 2.93. The van der Waals surface area contributed by atoms with Gasteiger partial charge in [-0.05, 0) is 23.8 Å². The van der Waals surface area contributed by atoms with Crippen molar-refractivity contribution in [2.75, 3.05) is 11.9 Å². The van der Waals surface area contributed by atoms with Gasteiger partial charge in [0.15, 0.2) is 6.61 Å². The van der Waals surface area contributed by atoms with E-state index in [1.165, 1.54) is 30.3 Å². The number of rotatable bonds is 5. The van der Waals surface area contributed by atoms with E-state index in [9.17, 15) is 14.0 Å². The fourth-order valence-electron chi connectivity index (χ4n) is 1.83. The molecule has 2 rings (SSSR count). The van der Waals surface area contributed by atoms with Crippen molar-refractivity contribution in [3.05, 3.63) is 62.8 Å². The third kappa shape index (κ3) is 5.09. The lowest BCUT2D eigenvalue weighted by molar-refractivity contribution is -0.146. The number of anilines is 1. The smallest absolute Gasteiger partial charge is 0.310 e. The zero-order valence-electron chi connectivity index (χ0n) is 12.1. The Labute approximate surface area is 152 Å². The maximum atomic E-state index is 13.4. The lowest BCUT2D eigenvalue weighted by atomic mass is 10.1. The molecule has 0 saturated heterocycles. The Morgan fingerprint density at radius 3 is 2.33 bits per heavy atom. The van der Waals surface area contributed by atoms with Gasteiger partial charge in [-0.25, -0.2) is 4.39 Å². The summed E-state index contributed by atoms with van der Waals surface area (Å²) in [6.07, 6.45) is -0.275. The normalized spacial score (nSPS) is 10.3. The summed E-state index contributed by atoms with van der Waals surface area (Å²) in [7, 11) is 0. The molecule has 0 aliphatic rings. The molecule has 0 radical (unpaired) electrons. The van der Waals surface area contributed by atoms with Crippen LogP contribution >= 0.6 is 34.8 Å². The van der Waals surface area contributed by atoms with E-state index in [0.717, 1.165) is 0 Å². The lowest BCUT2D eigenvalue weighted by Crippen LogP contribution is -2.22. The standard InChI is InChI=1S/C16H11Cl3FNO3/c17-10-6-11(18)16(12(19)7-10)21-14(22)8-24-15(23)5-9-3-1-2-4-13(9)20/h1-4,6-7H,5,8H2,(H,21,22). The summed E-state index contributed by atoms with van der Waals surface area (Å²) in [6.45, 7) is -0.553. The number of carbonyl (C=O) groups excluding carboxylic acids is 2. The first-order valence-corrected chi connectivity index (χ1v) is 7.83. The van der Waals surface area contributed by atoms with Crippen LogP contribution in [0.4, 0.5) is 10.1 Å². The Kier molecular flexibility index (Phi) is 6.43. The molecule has 1 amide bonds. The summed E-state index contributed by atoms with van der Waals surface area (Å²) in [4.78, 5) is 23.5. The van der Waals surface area contributed by atoms with Gasteiger partial charge in [-0.3, -0.25) is 9.59 Å². The molecule has 0 bridgehead atoms. The fourth-order valence-corrected chi connectivity index (χ4v) is 2.74. The second-order valence-corrected chi connectivity index (χ2v) is 5.97. The minimum absolute atomic E-state index is 0.151. The van der Waals surface area contributed by atoms with Crippen molar-refractivity contribution in [3.63, 3.8) is 0 Å². The summed E-state index contributed by atoms with van der Waals surface area (Å²) in [6, 6.07) is 8.63. The molecular weight excluding hydrogens is 380 g/mol. The second kappa shape index (κ2) is 8.33. The zero-order valence-corrected chi connectivity index (χ0v) is 14.4. The van der Waals surface area contributed by atoms with E-state index in [-0.39, 0.29) is 27.7 Å². The van der Waals surface area contributed by atoms with Crippen molar-refractivity contribution in [1.29, 1.82) is 0 Å². The van der Waals surface area contributed by atoms with Crippen molar-refractivity contribution in [2.45, 2.75) is 6.42 Å². The predicted molar refractivity (Wildman–Crippen MR) is 91.2 cm³/mol. The van der Waals surface area contributed by atoms with E-state index >= 15 is 0 Å². The van der Waals surface area contributed by atoms with E-state index in [1.807, 2.05) is 0 Å². The van der Waals surface area contributed by atoms with Crippen LogP contribution in [-0.4, -0.2) is 18.5 Å². The minimum Gasteiger partial charge on any atom is -0.455 e. The second-order valence-electron chi connectivity index (χ2n) is 4.72. The van der Waals surface area contributed by atoms with Gasteiger partial charge in [0.2, 0.25) is 0 Å². The quantitative estimate of drug-likeness (QED) is 0.764. The Bertz CT molecular complexity index is 760. The summed E-state index contributed by atoms with van der Waals surface area (Å²) in [5, 5.41) is 3.05. The summed E-state index contributed by atoms with van der Waals surface area (Å²) in [5.74, 6) is -1.88. The Balaban J connectivity index is 1.90. The van der Waals surface area contributed by atoms with Crippen LogP contribution in [0, 0.1) is 5.82 Å². The number of esters is 1. The highest BCUT2D eigenvalue weighted by atomic mass is 35.5. The van der Waals surface area contributed by atoms with Crippen molar-refractivity contribution in [1.82, 2.24) is 0 Å². The average molecular weight is 391 g/mol. The summed E-state index contributed by atoms with van der Waals surface area (Å²) < 4.78 is 18.2. The number of ether oxygens (including phenoxy) is 1. The third-order valence-corrected chi connectivity index (χ3v) is 3.74. The van der Waals surface area contributed by atoms with Crippen LogP contribution in [0.15, 0.2) is 36.4 Å². The molecule has 4 nitrogen and oxygen atoms in total. The largest absolute Gasteiger partial charge is 0.455 e. The highest BCUT2D eigenvalue weighted by molar-refractivity contribution is 6.42. The van der Waals surface area contributed by atoms with Crippen LogP contribution in [0.1, 0.15) is 5.56 Å². The first kappa shape index (κ1) is 18.5. The first-order chi connectivity index (χ1) is 11.4. The zero-order chi connectivity index (χ0) is 17.7. The number of halogens is 4. The number of hydrogen-bond acceptors (Lipinski definition) is 3. The fraction of sp³-hybridized carbons (Fsp3) is 0.125. The SMILES string of the molecule is O=C(COC(=O)Cc1ccccc1F)Nc1c(Cl)cc(Cl)cc1Cl. The van der Waals surface area contributed by atoms with Gasteiger partial charge in [-0.1, -0.05) is 53.0 Å². The molecule has 0 unspecified atom stereocenters. The minimum atomic E-state index is -0.733. The molecule has 8 heteroatoms. The summed E-state index contributed by atoms with van der Waals surface area (Å²) >= 11 is 17.6.